The largest absolute Gasteiger partial charge is 0.481 e. The molecule has 9 heteroatoms. The first-order valence-corrected chi connectivity index (χ1v) is 13.4. The Morgan fingerprint density at radius 1 is 1.24 bits per heavy atom. The van der Waals surface area contributed by atoms with Crippen molar-refractivity contribution in [2.45, 2.75) is 73.3 Å². The molecule has 0 saturated carbocycles. The predicted molar refractivity (Wildman–Crippen MR) is 143 cm³/mol. The smallest absolute Gasteiger partial charge is 0.309 e. The number of allylic oxidation sites excluding steroid dienone is 1. The average molecular weight is 509 g/mol. The molecule has 1 unspecified atom stereocenters. The number of carbonyl (C=O) groups excluding carboxylic acids is 1. The van der Waals surface area contributed by atoms with Crippen molar-refractivity contribution in [3.05, 3.63) is 35.3 Å². The SMILES string of the molecule is CCCC1=CN(Cc2c(-c3ccc(N4CC[C@@H](C(C)(C)C(=O)O)C4)c(CC)n3)nnn2C)C(=O)C(C)C1. The zero-order valence-corrected chi connectivity index (χ0v) is 23.0. The van der Waals surface area contributed by atoms with Crippen LogP contribution >= 0.6 is 0 Å². The topological polar surface area (TPSA) is 104 Å². The van der Waals surface area contributed by atoms with Crippen LogP contribution in [0.15, 0.2) is 23.9 Å². The first kappa shape index (κ1) is 26.8. The average Bonchev–Trinajstić information content (AvgIpc) is 3.50. The summed E-state index contributed by atoms with van der Waals surface area (Å²) in [4.78, 5) is 33.8. The van der Waals surface area contributed by atoms with Crippen molar-refractivity contribution in [1.29, 1.82) is 0 Å². The molecule has 4 heterocycles. The van der Waals surface area contributed by atoms with Crippen LogP contribution in [0.4, 0.5) is 5.69 Å². The second kappa shape index (κ2) is 10.6. The predicted octanol–water partition coefficient (Wildman–Crippen LogP) is 4.43. The summed E-state index contributed by atoms with van der Waals surface area (Å²) in [5.41, 5.74) is 4.81. The van der Waals surface area contributed by atoms with Gasteiger partial charge in [-0.3, -0.25) is 9.59 Å². The third-order valence-corrected chi connectivity index (χ3v) is 8.07. The number of aryl methyl sites for hydroxylation is 2. The van der Waals surface area contributed by atoms with E-state index in [1.54, 1.807) is 4.68 Å². The maximum atomic E-state index is 13.0. The van der Waals surface area contributed by atoms with Crippen molar-refractivity contribution in [1.82, 2.24) is 24.9 Å². The quantitative estimate of drug-likeness (QED) is 0.534. The maximum absolute atomic E-state index is 13.0. The molecule has 1 saturated heterocycles. The van der Waals surface area contributed by atoms with E-state index in [4.69, 9.17) is 4.98 Å². The highest BCUT2D eigenvalue weighted by molar-refractivity contribution is 5.81. The van der Waals surface area contributed by atoms with Gasteiger partial charge in [0.25, 0.3) is 0 Å². The lowest BCUT2D eigenvalue weighted by Gasteiger charge is -2.29. The second-order valence-electron chi connectivity index (χ2n) is 11.1. The summed E-state index contributed by atoms with van der Waals surface area (Å²) in [6.45, 7) is 11.8. The Kier molecular flexibility index (Phi) is 7.71. The zero-order valence-electron chi connectivity index (χ0n) is 23.0. The van der Waals surface area contributed by atoms with E-state index in [-0.39, 0.29) is 17.7 Å². The van der Waals surface area contributed by atoms with Crippen molar-refractivity contribution in [2.24, 2.45) is 24.3 Å². The molecule has 2 aromatic rings. The van der Waals surface area contributed by atoms with Gasteiger partial charge < -0.3 is 14.9 Å². The van der Waals surface area contributed by atoms with E-state index in [9.17, 15) is 14.7 Å². The number of carbonyl (C=O) groups is 2. The van der Waals surface area contributed by atoms with Crippen molar-refractivity contribution < 1.29 is 14.7 Å². The fourth-order valence-electron chi connectivity index (χ4n) is 5.54. The normalized spacial score (nSPS) is 20.5. The van der Waals surface area contributed by atoms with Gasteiger partial charge in [0, 0.05) is 32.3 Å². The molecule has 0 bridgehead atoms. The molecular weight excluding hydrogens is 468 g/mol. The van der Waals surface area contributed by atoms with E-state index in [0.717, 1.165) is 61.4 Å². The molecule has 4 rings (SSSR count). The third-order valence-electron chi connectivity index (χ3n) is 8.07. The Labute approximate surface area is 219 Å². The molecule has 9 nitrogen and oxygen atoms in total. The van der Waals surface area contributed by atoms with E-state index in [1.807, 2.05) is 45.0 Å². The monoisotopic (exact) mass is 508 g/mol. The number of pyridine rings is 1. The molecule has 1 amide bonds. The minimum Gasteiger partial charge on any atom is -0.481 e. The Balaban J connectivity index is 1.60. The number of hydrogen-bond donors (Lipinski definition) is 1. The van der Waals surface area contributed by atoms with E-state index >= 15 is 0 Å². The number of aromatic nitrogens is 4. The number of anilines is 1. The van der Waals surface area contributed by atoms with Gasteiger partial charge in [0.05, 0.1) is 34.7 Å². The van der Waals surface area contributed by atoms with Gasteiger partial charge >= 0.3 is 5.97 Å². The minimum atomic E-state index is -0.766. The highest BCUT2D eigenvalue weighted by Crippen LogP contribution is 2.38. The number of carboxylic acids is 1. The molecule has 0 radical (unpaired) electrons. The van der Waals surface area contributed by atoms with Crippen LogP contribution in [0.5, 0.6) is 0 Å². The highest BCUT2D eigenvalue weighted by atomic mass is 16.4. The fourth-order valence-corrected chi connectivity index (χ4v) is 5.54. The van der Waals surface area contributed by atoms with E-state index in [1.165, 1.54) is 5.57 Å². The molecule has 37 heavy (non-hydrogen) atoms. The number of amides is 1. The molecule has 0 spiro atoms. The van der Waals surface area contributed by atoms with Crippen LogP contribution < -0.4 is 4.90 Å². The third kappa shape index (κ3) is 5.26. The molecule has 2 aliphatic heterocycles. The summed E-state index contributed by atoms with van der Waals surface area (Å²) in [5, 5.41) is 18.4. The molecular formula is C28H40N6O3. The Hall–Kier alpha value is -3.23. The Bertz CT molecular complexity index is 1200. The van der Waals surface area contributed by atoms with Crippen molar-refractivity contribution >= 4 is 17.6 Å². The van der Waals surface area contributed by atoms with Gasteiger partial charge in [-0.15, -0.1) is 5.10 Å². The summed E-state index contributed by atoms with van der Waals surface area (Å²) >= 11 is 0. The van der Waals surface area contributed by atoms with Crippen LogP contribution in [-0.2, 0) is 29.6 Å². The zero-order chi connectivity index (χ0) is 26.9. The fraction of sp³-hybridized carbons (Fsp3) is 0.607. The van der Waals surface area contributed by atoms with Crippen molar-refractivity contribution in [2.75, 3.05) is 18.0 Å². The van der Waals surface area contributed by atoms with Crippen molar-refractivity contribution in [3.63, 3.8) is 0 Å². The van der Waals surface area contributed by atoms with E-state index in [2.05, 4.69) is 35.1 Å². The molecule has 0 aliphatic carbocycles. The summed E-state index contributed by atoms with van der Waals surface area (Å²) < 4.78 is 1.73. The van der Waals surface area contributed by atoms with Gasteiger partial charge in [0.1, 0.15) is 5.69 Å². The number of nitrogens with zero attached hydrogens (tertiary/aromatic N) is 6. The first-order valence-electron chi connectivity index (χ1n) is 13.4. The summed E-state index contributed by atoms with van der Waals surface area (Å²) in [5.74, 6) is -0.582. The Morgan fingerprint density at radius 2 is 2.00 bits per heavy atom. The van der Waals surface area contributed by atoms with Crippen LogP contribution in [0, 0.1) is 17.3 Å². The molecule has 1 fully saturated rings. The van der Waals surface area contributed by atoms with Gasteiger partial charge in [0.15, 0.2) is 0 Å². The van der Waals surface area contributed by atoms with Crippen LogP contribution in [0.3, 0.4) is 0 Å². The summed E-state index contributed by atoms with van der Waals surface area (Å²) in [7, 11) is 1.85. The lowest BCUT2D eigenvalue weighted by atomic mass is 9.78. The van der Waals surface area contributed by atoms with Crippen LogP contribution in [0.25, 0.3) is 11.4 Å². The van der Waals surface area contributed by atoms with Crippen molar-refractivity contribution in [3.8, 4) is 11.4 Å². The number of carboxylic acid groups (broad SMARTS) is 1. The summed E-state index contributed by atoms with van der Waals surface area (Å²) in [6, 6.07) is 4.04. The number of rotatable bonds is 9. The Morgan fingerprint density at radius 3 is 2.68 bits per heavy atom. The molecule has 2 atom stereocenters. The van der Waals surface area contributed by atoms with Gasteiger partial charge in [-0.2, -0.15) is 0 Å². The molecule has 0 aromatic carbocycles. The summed E-state index contributed by atoms with van der Waals surface area (Å²) in [6.07, 6.45) is 6.47. The van der Waals surface area contributed by atoms with Crippen LogP contribution in [0.1, 0.15) is 71.7 Å². The lowest BCUT2D eigenvalue weighted by molar-refractivity contribution is -0.149. The van der Waals surface area contributed by atoms with E-state index in [0.29, 0.717) is 18.8 Å². The molecule has 2 aliphatic rings. The first-order chi connectivity index (χ1) is 17.6. The van der Waals surface area contributed by atoms with Gasteiger partial charge in [0.2, 0.25) is 5.91 Å². The minimum absolute atomic E-state index is 0.0318. The van der Waals surface area contributed by atoms with Gasteiger partial charge in [-0.1, -0.05) is 38.0 Å². The van der Waals surface area contributed by atoms with Gasteiger partial charge in [-0.25, -0.2) is 9.67 Å². The maximum Gasteiger partial charge on any atom is 0.309 e. The molecule has 1 N–H and O–H groups in total. The van der Waals surface area contributed by atoms with Gasteiger partial charge in [-0.05, 0) is 57.6 Å². The standard InChI is InChI=1S/C28H40N6O3/c1-7-9-19-14-18(3)26(35)34(15-19)17-24-25(30-31-32(24)6)22-10-11-23(21(8-2)29-22)33-13-12-20(16-33)28(4,5)27(36)37/h10-11,15,18,20H,7-9,12-14,16-17H2,1-6H3,(H,36,37)/t18?,20-/m1/s1. The van der Waals surface area contributed by atoms with E-state index < -0.39 is 11.4 Å². The van der Waals surface area contributed by atoms with Crippen LogP contribution in [-0.4, -0.2) is 55.0 Å². The number of hydrogen-bond acceptors (Lipinski definition) is 6. The molecule has 2 aromatic heterocycles. The highest BCUT2D eigenvalue weighted by Gasteiger charge is 2.41. The lowest BCUT2D eigenvalue weighted by Crippen LogP contribution is -2.35. The molecule has 200 valence electrons. The number of aliphatic carboxylic acids is 1. The second-order valence-corrected chi connectivity index (χ2v) is 11.1. The van der Waals surface area contributed by atoms with Crippen LogP contribution in [0.2, 0.25) is 0 Å².